The molecule has 0 spiro atoms. The van der Waals surface area contributed by atoms with E-state index in [1.165, 1.54) is 49.7 Å². The van der Waals surface area contributed by atoms with Crippen molar-refractivity contribution in [2.75, 3.05) is 0 Å². The van der Waals surface area contributed by atoms with E-state index in [2.05, 4.69) is 152 Å². The molecule has 0 fully saturated rings. The van der Waals surface area contributed by atoms with E-state index in [0.717, 1.165) is 50.1 Å². The van der Waals surface area contributed by atoms with E-state index in [9.17, 15) is 0 Å². The van der Waals surface area contributed by atoms with Crippen molar-refractivity contribution in [1.82, 2.24) is 15.0 Å². The molecule has 4 heterocycles. The molecule has 261 valence electrons. The Morgan fingerprint density at radius 1 is 0.566 bits per heavy atom. The summed E-state index contributed by atoms with van der Waals surface area (Å²) in [6.45, 7) is 10.4. The number of nitrogens with zero attached hydrogens (tertiary/aromatic N) is 3. The van der Waals surface area contributed by atoms with Crippen molar-refractivity contribution in [3.8, 4) is 44.8 Å². The maximum Gasteiger partial charge on any atom is 0.216 e. The molecule has 0 aliphatic heterocycles. The minimum absolute atomic E-state index is 0. The fourth-order valence-electron chi connectivity index (χ4n) is 6.72. The zero-order valence-corrected chi connectivity index (χ0v) is 32.7. The van der Waals surface area contributed by atoms with Crippen molar-refractivity contribution in [2.45, 2.75) is 34.6 Å². The zero-order chi connectivity index (χ0) is 35.8. The number of rotatable bonds is 4. The molecule has 0 saturated heterocycles. The number of aryl methyl sites for hydroxylation is 5. The quantitative estimate of drug-likeness (QED) is 0.165. The van der Waals surface area contributed by atoms with E-state index < -0.39 is 0 Å². The SMILES string of the molecule is Cc1ccc2c(n1)oc1c(-c3cc(-c4cc5ccccc5cc4C)ccn3)[c-]ccc12.Cc1cnc(-c2[c-]cc(C)c(-c3ccccc3)c2)cc1C.[Ir]. The smallest absolute Gasteiger partial charge is 0.216 e. The van der Waals surface area contributed by atoms with Crippen LogP contribution in [0.3, 0.4) is 0 Å². The average molecular weight is 864 g/mol. The summed E-state index contributed by atoms with van der Waals surface area (Å²) in [5.74, 6) is 0. The van der Waals surface area contributed by atoms with E-state index in [-0.39, 0.29) is 20.1 Å². The van der Waals surface area contributed by atoms with Crippen molar-refractivity contribution < 1.29 is 24.5 Å². The van der Waals surface area contributed by atoms with Gasteiger partial charge in [0.25, 0.3) is 0 Å². The van der Waals surface area contributed by atoms with Gasteiger partial charge in [0.05, 0.1) is 5.58 Å². The molecule has 0 aliphatic rings. The summed E-state index contributed by atoms with van der Waals surface area (Å²) in [5, 5.41) is 4.53. The van der Waals surface area contributed by atoms with Crippen LogP contribution in [0.15, 0.2) is 138 Å². The van der Waals surface area contributed by atoms with Gasteiger partial charge in [-0.2, -0.15) is 0 Å². The summed E-state index contributed by atoms with van der Waals surface area (Å²) in [5.41, 5.74) is 15.8. The topological polar surface area (TPSA) is 51.8 Å². The molecular formula is C48H37IrN3O-2. The van der Waals surface area contributed by atoms with Crippen molar-refractivity contribution >= 4 is 32.8 Å². The van der Waals surface area contributed by atoms with Crippen molar-refractivity contribution in [1.29, 1.82) is 0 Å². The summed E-state index contributed by atoms with van der Waals surface area (Å²) in [4.78, 5) is 13.7. The van der Waals surface area contributed by atoms with E-state index >= 15 is 0 Å². The van der Waals surface area contributed by atoms with Gasteiger partial charge in [0.1, 0.15) is 0 Å². The molecule has 9 rings (SSSR count). The van der Waals surface area contributed by atoms with Crippen LogP contribution in [-0.2, 0) is 20.1 Å². The summed E-state index contributed by atoms with van der Waals surface area (Å²) < 4.78 is 6.16. The van der Waals surface area contributed by atoms with Gasteiger partial charge in [0.2, 0.25) is 5.71 Å². The molecule has 1 radical (unpaired) electrons. The van der Waals surface area contributed by atoms with Gasteiger partial charge in [-0.05, 0) is 102 Å². The first-order valence-corrected chi connectivity index (χ1v) is 17.5. The van der Waals surface area contributed by atoms with Crippen LogP contribution in [0.25, 0.3) is 77.6 Å². The summed E-state index contributed by atoms with van der Waals surface area (Å²) in [6, 6.07) is 48.7. The number of benzene rings is 5. The van der Waals surface area contributed by atoms with Gasteiger partial charge in [-0.15, -0.1) is 47.5 Å². The van der Waals surface area contributed by atoms with Gasteiger partial charge in [0.15, 0.2) is 0 Å². The molecule has 9 aromatic rings. The second-order valence-corrected chi connectivity index (χ2v) is 13.4. The van der Waals surface area contributed by atoms with Crippen LogP contribution in [-0.4, -0.2) is 15.0 Å². The molecule has 4 aromatic heterocycles. The van der Waals surface area contributed by atoms with E-state index in [1.54, 1.807) is 0 Å². The predicted molar refractivity (Wildman–Crippen MR) is 214 cm³/mol. The van der Waals surface area contributed by atoms with Gasteiger partial charge >= 0.3 is 0 Å². The Morgan fingerprint density at radius 3 is 2.11 bits per heavy atom. The second-order valence-electron chi connectivity index (χ2n) is 13.4. The van der Waals surface area contributed by atoms with Crippen LogP contribution in [0.5, 0.6) is 0 Å². The van der Waals surface area contributed by atoms with Crippen LogP contribution in [0.4, 0.5) is 0 Å². The first kappa shape index (κ1) is 35.7. The predicted octanol–water partition coefficient (Wildman–Crippen LogP) is 12.4. The van der Waals surface area contributed by atoms with Crippen LogP contribution in [0.1, 0.15) is 27.9 Å². The Morgan fingerprint density at radius 2 is 1.32 bits per heavy atom. The van der Waals surface area contributed by atoms with E-state index in [0.29, 0.717) is 5.71 Å². The molecule has 0 bridgehead atoms. The van der Waals surface area contributed by atoms with Crippen LogP contribution in [0, 0.1) is 46.8 Å². The molecule has 0 amide bonds. The zero-order valence-electron chi connectivity index (χ0n) is 30.3. The molecular weight excluding hydrogens is 827 g/mol. The van der Waals surface area contributed by atoms with Gasteiger partial charge in [-0.1, -0.05) is 102 Å². The second kappa shape index (κ2) is 15.1. The molecule has 0 saturated carbocycles. The first-order chi connectivity index (χ1) is 25.3. The van der Waals surface area contributed by atoms with Gasteiger partial charge in [-0.3, -0.25) is 0 Å². The van der Waals surface area contributed by atoms with Gasteiger partial charge < -0.3 is 14.4 Å². The third-order valence-corrected chi connectivity index (χ3v) is 9.75. The monoisotopic (exact) mass is 864 g/mol. The molecule has 0 N–H and O–H groups in total. The summed E-state index contributed by atoms with van der Waals surface area (Å²) in [7, 11) is 0. The number of pyridine rings is 3. The molecule has 4 nitrogen and oxygen atoms in total. The summed E-state index contributed by atoms with van der Waals surface area (Å²) in [6.07, 6.45) is 3.79. The van der Waals surface area contributed by atoms with E-state index in [1.807, 2.05) is 43.6 Å². The van der Waals surface area contributed by atoms with E-state index in [4.69, 9.17) is 4.42 Å². The fraction of sp³-hybridized carbons (Fsp3) is 0.104. The van der Waals surface area contributed by atoms with Crippen LogP contribution >= 0.6 is 0 Å². The molecule has 0 unspecified atom stereocenters. The van der Waals surface area contributed by atoms with Crippen molar-refractivity contribution in [2.24, 2.45) is 0 Å². The van der Waals surface area contributed by atoms with Crippen LogP contribution in [0.2, 0.25) is 0 Å². The Bertz CT molecular complexity index is 2750. The minimum Gasteiger partial charge on any atom is -0.486 e. The molecule has 0 aliphatic carbocycles. The maximum absolute atomic E-state index is 6.16. The average Bonchev–Trinajstić information content (AvgIpc) is 3.54. The van der Waals surface area contributed by atoms with Gasteiger partial charge in [-0.25, -0.2) is 4.98 Å². The Balaban J connectivity index is 0.000000174. The summed E-state index contributed by atoms with van der Waals surface area (Å²) >= 11 is 0. The Kier molecular flexibility index (Phi) is 10.1. The first-order valence-electron chi connectivity index (χ1n) is 17.5. The van der Waals surface area contributed by atoms with Crippen molar-refractivity contribution in [3.63, 3.8) is 0 Å². The minimum atomic E-state index is 0. The Labute approximate surface area is 324 Å². The molecule has 5 aromatic carbocycles. The fourth-order valence-corrected chi connectivity index (χ4v) is 6.72. The number of aromatic nitrogens is 3. The molecule has 5 heteroatoms. The molecule has 0 atom stereocenters. The van der Waals surface area contributed by atoms with Crippen molar-refractivity contribution in [3.05, 3.63) is 174 Å². The van der Waals surface area contributed by atoms with Crippen LogP contribution < -0.4 is 0 Å². The maximum atomic E-state index is 6.16. The number of hydrogen-bond donors (Lipinski definition) is 0. The number of hydrogen-bond acceptors (Lipinski definition) is 4. The number of fused-ring (bicyclic) bond motifs is 4. The largest absolute Gasteiger partial charge is 0.486 e. The normalized spacial score (nSPS) is 11.0. The standard InChI is InChI=1S/C28H19N2O.C20H18N.Ir/c1-17-14-19-6-3-4-7-20(19)15-25(17)21-12-13-29-26(16-21)24-9-5-8-22-23-11-10-18(2)30-28(23)31-27(22)24;1-14-9-10-18(20-11-15(2)16(3)13-21-20)12-19(14)17-7-5-4-6-8-17;/h3-8,10-16H,1-2H3;4-9,11-13H,1-3H3;/q2*-1;. The molecule has 53 heavy (non-hydrogen) atoms. The third kappa shape index (κ3) is 7.19. The number of furan rings is 1. The van der Waals surface area contributed by atoms with Gasteiger partial charge in [0, 0.05) is 43.6 Å². The Hall–Kier alpha value is -5.74. The third-order valence-electron chi connectivity index (χ3n) is 9.75.